The van der Waals surface area contributed by atoms with Crippen LogP contribution in [0.15, 0.2) is 0 Å². The Labute approximate surface area is 97.5 Å². The fraction of sp³-hybridized carbons (Fsp3) is 0.900. The molecule has 1 rings (SSSR count). The van der Waals surface area contributed by atoms with Crippen LogP contribution in [-0.4, -0.2) is 43.6 Å². The van der Waals surface area contributed by atoms with Crippen molar-refractivity contribution >= 4 is 10.0 Å². The summed E-state index contributed by atoms with van der Waals surface area (Å²) >= 11 is 0. The van der Waals surface area contributed by atoms with Crippen molar-refractivity contribution in [3.8, 4) is 6.07 Å². The molecular formula is C10H19N3O2S. The van der Waals surface area contributed by atoms with Crippen molar-refractivity contribution in [3.63, 3.8) is 0 Å². The molecule has 1 aliphatic rings. The summed E-state index contributed by atoms with van der Waals surface area (Å²) in [4.78, 5) is 0. The molecule has 0 aromatic rings. The third-order valence-corrected chi connectivity index (χ3v) is 4.52. The number of nitrogens with one attached hydrogen (secondary N) is 1. The molecule has 16 heavy (non-hydrogen) atoms. The van der Waals surface area contributed by atoms with Crippen LogP contribution in [0.3, 0.4) is 0 Å². The molecular weight excluding hydrogens is 226 g/mol. The van der Waals surface area contributed by atoms with Gasteiger partial charge in [-0.05, 0) is 33.2 Å². The van der Waals surface area contributed by atoms with Crippen molar-refractivity contribution in [1.29, 1.82) is 5.26 Å². The molecule has 1 N–H and O–H groups in total. The number of nitriles is 1. The molecule has 0 aromatic heterocycles. The second-order valence-electron chi connectivity index (χ2n) is 4.37. The third kappa shape index (κ3) is 3.44. The highest BCUT2D eigenvalue weighted by Crippen LogP contribution is 2.13. The molecule has 92 valence electrons. The summed E-state index contributed by atoms with van der Waals surface area (Å²) < 4.78 is 25.1. The maximum atomic E-state index is 11.8. The van der Waals surface area contributed by atoms with E-state index in [0.717, 1.165) is 19.4 Å². The van der Waals surface area contributed by atoms with Crippen molar-refractivity contribution in [3.05, 3.63) is 0 Å². The highest BCUT2D eigenvalue weighted by molar-refractivity contribution is 7.89. The lowest BCUT2D eigenvalue weighted by atomic mass is 10.2. The van der Waals surface area contributed by atoms with Crippen molar-refractivity contribution in [2.45, 2.75) is 38.8 Å². The molecule has 1 atom stereocenters. The van der Waals surface area contributed by atoms with E-state index in [2.05, 4.69) is 5.32 Å². The molecule has 1 heterocycles. The summed E-state index contributed by atoms with van der Waals surface area (Å²) in [5.41, 5.74) is 0. The van der Waals surface area contributed by atoms with Crippen LogP contribution < -0.4 is 5.32 Å². The highest BCUT2D eigenvalue weighted by Gasteiger charge is 2.28. The SMILES string of the molecule is CC(C)N(CC1CCCN1)S(=O)(=O)CC#N. The first-order valence-corrected chi connectivity index (χ1v) is 7.18. The van der Waals surface area contributed by atoms with E-state index in [9.17, 15) is 8.42 Å². The van der Waals surface area contributed by atoms with Crippen LogP contribution in [0.1, 0.15) is 26.7 Å². The summed E-state index contributed by atoms with van der Waals surface area (Å²) in [7, 11) is -3.43. The van der Waals surface area contributed by atoms with Crippen LogP contribution in [0.4, 0.5) is 0 Å². The standard InChI is InChI=1S/C10H19N3O2S/c1-9(2)13(16(14,15)7-5-11)8-10-4-3-6-12-10/h9-10,12H,3-4,6-8H2,1-2H3. The van der Waals surface area contributed by atoms with Crippen LogP contribution in [0.2, 0.25) is 0 Å². The molecule has 0 aliphatic carbocycles. The molecule has 1 saturated heterocycles. The molecule has 6 heteroatoms. The Kier molecular flexibility index (Phi) is 4.71. The van der Waals surface area contributed by atoms with Gasteiger partial charge in [-0.1, -0.05) is 0 Å². The smallest absolute Gasteiger partial charge is 0.227 e. The second-order valence-corrected chi connectivity index (χ2v) is 6.29. The van der Waals surface area contributed by atoms with Gasteiger partial charge in [-0.15, -0.1) is 0 Å². The molecule has 0 aromatic carbocycles. The summed E-state index contributed by atoms with van der Waals surface area (Å²) in [6.45, 7) is 5.10. The van der Waals surface area contributed by atoms with Crippen LogP contribution in [-0.2, 0) is 10.0 Å². The van der Waals surface area contributed by atoms with E-state index in [1.165, 1.54) is 4.31 Å². The van der Waals surface area contributed by atoms with Gasteiger partial charge in [0.1, 0.15) is 0 Å². The molecule has 0 bridgehead atoms. The van der Waals surface area contributed by atoms with Crippen molar-refractivity contribution in [2.24, 2.45) is 0 Å². The zero-order valence-electron chi connectivity index (χ0n) is 9.81. The minimum Gasteiger partial charge on any atom is -0.313 e. The number of rotatable bonds is 5. The zero-order chi connectivity index (χ0) is 12.2. The zero-order valence-corrected chi connectivity index (χ0v) is 10.6. The average Bonchev–Trinajstić information content (AvgIpc) is 2.65. The van der Waals surface area contributed by atoms with E-state index >= 15 is 0 Å². The van der Waals surface area contributed by atoms with Gasteiger partial charge < -0.3 is 5.32 Å². The molecule has 0 amide bonds. The van der Waals surface area contributed by atoms with E-state index in [4.69, 9.17) is 5.26 Å². The second kappa shape index (κ2) is 5.62. The highest BCUT2D eigenvalue weighted by atomic mass is 32.2. The summed E-state index contributed by atoms with van der Waals surface area (Å²) in [5.74, 6) is -0.433. The summed E-state index contributed by atoms with van der Waals surface area (Å²) in [6, 6.07) is 1.85. The van der Waals surface area contributed by atoms with E-state index in [1.807, 2.05) is 13.8 Å². The topological polar surface area (TPSA) is 73.2 Å². The Balaban J connectivity index is 2.71. The van der Waals surface area contributed by atoms with Crippen LogP contribution >= 0.6 is 0 Å². The Morgan fingerprint density at radius 2 is 2.25 bits per heavy atom. The van der Waals surface area contributed by atoms with E-state index in [0.29, 0.717) is 6.54 Å². The first kappa shape index (κ1) is 13.4. The van der Waals surface area contributed by atoms with Gasteiger partial charge in [0.2, 0.25) is 10.0 Å². The summed E-state index contributed by atoms with van der Waals surface area (Å²) in [5, 5.41) is 11.8. The lowest BCUT2D eigenvalue weighted by Gasteiger charge is -2.27. The van der Waals surface area contributed by atoms with Gasteiger partial charge in [0, 0.05) is 18.6 Å². The van der Waals surface area contributed by atoms with Gasteiger partial charge in [0.05, 0.1) is 6.07 Å². The van der Waals surface area contributed by atoms with Gasteiger partial charge in [0.25, 0.3) is 0 Å². The molecule has 0 spiro atoms. The van der Waals surface area contributed by atoms with Gasteiger partial charge >= 0.3 is 0 Å². The lowest BCUT2D eigenvalue weighted by Crippen LogP contribution is -2.45. The van der Waals surface area contributed by atoms with Crippen LogP contribution in [0, 0.1) is 11.3 Å². The molecule has 5 nitrogen and oxygen atoms in total. The number of sulfonamides is 1. The third-order valence-electron chi connectivity index (χ3n) is 2.74. The van der Waals surface area contributed by atoms with Gasteiger partial charge in [-0.25, -0.2) is 8.42 Å². The minimum absolute atomic E-state index is 0.0965. The molecule has 0 saturated carbocycles. The van der Waals surface area contributed by atoms with Crippen molar-refractivity contribution in [2.75, 3.05) is 18.8 Å². The Morgan fingerprint density at radius 1 is 1.56 bits per heavy atom. The van der Waals surface area contributed by atoms with Gasteiger partial charge in [-0.3, -0.25) is 0 Å². The normalized spacial score (nSPS) is 21.6. The average molecular weight is 245 g/mol. The lowest BCUT2D eigenvalue weighted by molar-refractivity contribution is 0.324. The quantitative estimate of drug-likeness (QED) is 0.756. The number of hydrogen-bond acceptors (Lipinski definition) is 4. The molecule has 0 radical (unpaired) electrons. The predicted octanol–water partition coefficient (Wildman–Crippen LogP) is 0.302. The Bertz CT molecular complexity index is 353. The van der Waals surface area contributed by atoms with Crippen molar-refractivity contribution < 1.29 is 8.42 Å². The van der Waals surface area contributed by atoms with E-state index in [-0.39, 0.29) is 12.1 Å². The summed E-state index contributed by atoms with van der Waals surface area (Å²) in [6.07, 6.45) is 2.10. The van der Waals surface area contributed by atoms with Crippen LogP contribution in [0.25, 0.3) is 0 Å². The van der Waals surface area contributed by atoms with E-state index < -0.39 is 15.8 Å². The monoisotopic (exact) mass is 245 g/mol. The van der Waals surface area contributed by atoms with Crippen LogP contribution in [0.5, 0.6) is 0 Å². The maximum Gasteiger partial charge on any atom is 0.227 e. The first-order valence-electron chi connectivity index (χ1n) is 5.57. The predicted molar refractivity (Wildman–Crippen MR) is 62.3 cm³/mol. The Morgan fingerprint density at radius 3 is 2.69 bits per heavy atom. The first-order chi connectivity index (χ1) is 7.47. The maximum absolute atomic E-state index is 11.8. The fourth-order valence-electron chi connectivity index (χ4n) is 1.94. The number of nitrogens with zero attached hydrogens (tertiary/aromatic N) is 2. The van der Waals surface area contributed by atoms with Gasteiger partial charge in [-0.2, -0.15) is 9.57 Å². The largest absolute Gasteiger partial charge is 0.313 e. The molecule has 1 unspecified atom stereocenters. The van der Waals surface area contributed by atoms with E-state index in [1.54, 1.807) is 6.07 Å². The Hall–Kier alpha value is -0.640. The minimum atomic E-state index is -3.43. The molecule has 1 fully saturated rings. The molecule has 1 aliphatic heterocycles. The fourth-order valence-corrected chi connectivity index (χ4v) is 3.32. The van der Waals surface area contributed by atoms with Gasteiger partial charge in [0.15, 0.2) is 5.75 Å². The van der Waals surface area contributed by atoms with Crippen molar-refractivity contribution in [1.82, 2.24) is 9.62 Å². The number of hydrogen-bond donors (Lipinski definition) is 1.